The van der Waals surface area contributed by atoms with Gasteiger partial charge in [0.15, 0.2) is 5.69 Å². The van der Waals surface area contributed by atoms with Gasteiger partial charge in [0.25, 0.3) is 5.91 Å². The minimum atomic E-state index is -0.0773. The van der Waals surface area contributed by atoms with Crippen molar-refractivity contribution in [2.24, 2.45) is 0 Å². The average Bonchev–Trinajstić information content (AvgIpc) is 2.99. The Kier molecular flexibility index (Phi) is 4.27. The molecule has 0 radical (unpaired) electrons. The van der Waals surface area contributed by atoms with Gasteiger partial charge in [-0.3, -0.25) is 9.89 Å². The van der Waals surface area contributed by atoms with Crippen molar-refractivity contribution in [1.82, 2.24) is 15.5 Å². The number of nitrogens with zero attached hydrogens (tertiary/aromatic N) is 1. The number of H-pyrrole nitrogens is 1. The van der Waals surface area contributed by atoms with Crippen LogP contribution in [-0.4, -0.2) is 16.1 Å². The van der Waals surface area contributed by atoms with Crippen LogP contribution >= 0.6 is 0 Å². The minimum Gasteiger partial charge on any atom is -0.344 e. The molecule has 2 N–H and O–H groups in total. The Labute approximate surface area is 131 Å². The standard InChI is InChI=1S/C18H23N3O/c1-3-13-8-10-14(11-9-13)12(2)19-18(22)17-15-6-4-5-7-16(15)20-21-17/h8-12H,3-7H2,1-2H3,(H,19,22)(H,20,21). The highest BCUT2D eigenvalue weighted by molar-refractivity contribution is 5.94. The van der Waals surface area contributed by atoms with Crippen LogP contribution in [0.5, 0.6) is 0 Å². The third-order valence-electron chi connectivity index (χ3n) is 4.51. The van der Waals surface area contributed by atoms with E-state index in [9.17, 15) is 4.79 Å². The Morgan fingerprint density at radius 2 is 2.00 bits per heavy atom. The van der Waals surface area contributed by atoms with E-state index in [-0.39, 0.29) is 11.9 Å². The molecular weight excluding hydrogens is 274 g/mol. The number of hydrogen-bond acceptors (Lipinski definition) is 2. The lowest BCUT2D eigenvalue weighted by Crippen LogP contribution is -2.28. The Bertz CT molecular complexity index is 657. The molecule has 0 fully saturated rings. The molecule has 1 aliphatic carbocycles. The summed E-state index contributed by atoms with van der Waals surface area (Å²) in [5.74, 6) is -0.0773. The molecule has 116 valence electrons. The summed E-state index contributed by atoms with van der Waals surface area (Å²) in [6, 6.07) is 8.39. The zero-order valence-corrected chi connectivity index (χ0v) is 13.3. The van der Waals surface area contributed by atoms with Gasteiger partial charge in [-0.15, -0.1) is 0 Å². The first kappa shape index (κ1) is 14.8. The van der Waals surface area contributed by atoms with E-state index in [1.807, 2.05) is 6.92 Å². The van der Waals surface area contributed by atoms with Crippen molar-refractivity contribution in [3.63, 3.8) is 0 Å². The highest BCUT2D eigenvalue weighted by atomic mass is 16.2. The van der Waals surface area contributed by atoms with Crippen LogP contribution in [0.25, 0.3) is 0 Å². The highest BCUT2D eigenvalue weighted by Gasteiger charge is 2.22. The summed E-state index contributed by atoms with van der Waals surface area (Å²) < 4.78 is 0. The second-order valence-electron chi connectivity index (χ2n) is 6.03. The lowest BCUT2D eigenvalue weighted by Gasteiger charge is -2.15. The van der Waals surface area contributed by atoms with Crippen LogP contribution in [-0.2, 0) is 19.3 Å². The largest absolute Gasteiger partial charge is 0.344 e. The van der Waals surface area contributed by atoms with Crippen molar-refractivity contribution in [2.75, 3.05) is 0 Å². The smallest absolute Gasteiger partial charge is 0.272 e. The number of benzene rings is 1. The van der Waals surface area contributed by atoms with E-state index in [0.717, 1.165) is 42.5 Å². The number of fused-ring (bicyclic) bond motifs is 1. The molecule has 2 aromatic rings. The number of hydrogen-bond donors (Lipinski definition) is 2. The third-order valence-corrected chi connectivity index (χ3v) is 4.51. The Balaban J connectivity index is 1.71. The first-order valence-corrected chi connectivity index (χ1v) is 8.15. The zero-order chi connectivity index (χ0) is 15.5. The van der Waals surface area contributed by atoms with Crippen LogP contribution in [0.3, 0.4) is 0 Å². The number of carbonyl (C=O) groups excluding carboxylic acids is 1. The van der Waals surface area contributed by atoms with Gasteiger partial charge in [0.2, 0.25) is 0 Å². The van der Waals surface area contributed by atoms with E-state index in [1.54, 1.807) is 0 Å². The fraction of sp³-hybridized carbons (Fsp3) is 0.444. The molecule has 0 spiro atoms. The van der Waals surface area contributed by atoms with Gasteiger partial charge in [0.05, 0.1) is 6.04 Å². The zero-order valence-electron chi connectivity index (χ0n) is 13.3. The molecule has 1 aromatic heterocycles. The molecule has 1 aliphatic rings. The van der Waals surface area contributed by atoms with Crippen LogP contribution in [0, 0.1) is 0 Å². The van der Waals surface area contributed by atoms with Crippen molar-refractivity contribution in [2.45, 2.75) is 52.0 Å². The van der Waals surface area contributed by atoms with Gasteiger partial charge < -0.3 is 5.32 Å². The molecule has 1 amide bonds. The van der Waals surface area contributed by atoms with E-state index in [1.165, 1.54) is 12.0 Å². The molecule has 0 aliphatic heterocycles. The van der Waals surface area contributed by atoms with Crippen molar-refractivity contribution in [3.8, 4) is 0 Å². The van der Waals surface area contributed by atoms with E-state index in [2.05, 4.69) is 46.7 Å². The summed E-state index contributed by atoms with van der Waals surface area (Å²) in [7, 11) is 0. The van der Waals surface area contributed by atoms with E-state index in [4.69, 9.17) is 0 Å². The summed E-state index contributed by atoms with van der Waals surface area (Å²) in [5.41, 5.74) is 5.25. The number of aromatic amines is 1. The summed E-state index contributed by atoms with van der Waals surface area (Å²) >= 11 is 0. The molecule has 4 nitrogen and oxygen atoms in total. The van der Waals surface area contributed by atoms with Crippen molar-refractivity contribution >= 4 is 5.91 Å². The van der Waals surface area contributed by atoms with Crippen molar-refractivity contribution in [1.29, 1.82) is 0 Å². The van der Waals surface area contributed by atoms with E-state index < -0.39 is 0 Å². The molecule has 22 heavy (non-hydrogen) atoms. The second kappa shape index (κ2) is 6.34. The maximum atomic E-state index is 12.5. The molecular formula is C18H23N3O. The predicted molar refractivity (Wildman–Crippen MR) is 86.9 cm³/mol. The highest BCUT2D eigenvalue weighted by Crippen LogP contribution is 2.23. The minimum absolute atomic E-state index is 0.0191. The second-order valence-corrected chi connectivity index (χ2v) is 6.03. The van der Waals surface area contributed by atoms with Gasteiger partial charge >= 0.3 is 0 Å². The molecule has 1 unspecified atom stereocenters. The Hall–Kier alpha value is -2.10. The van der Waals surface area contributed by atoms with Crippen molar-refractivity contribution in [3.05, 3.63) is 52.3 Å². The van der Waals surface area contributed by atoms with Gasteiger partial charge in [-0.1, -0.05) is 31.2 Å². The average molecular weight is 297 g/mol. The SMILES string of the molecule is CCc1ccc(C(C)NC(=O)c2n[nH]c3c2CCCC3)cc1. The van der Waals surface area contributed by atoms with Crippen LogP contribution in [0.1, 0.15) is 65.6 Å². The topological polar surface area (TPSA) is 57.8 Å². The molecule has 1 heterocycles. The fourth-order valence-corrected chi connectivity index (χ4v) is 3.06. The van der Waals surface area contributed by atoms with Gasteiger partial charge in [-0.05, 0) is 50.2 Å². The number of carbonyl (C=O) groups is 1. The molecule has 1 atom stereocenters. The van der Waals surface area contributed by atoms with Gasteiger partial charge in [0, 0.05) is 11.3 Å². The van der Waals surface area contributed by atoms with Crippen molar-refractivity contribution < 1.29 is 4.79 Å². The van der Waals surface area contributed by atoms with Crippen LogP contribution in [0.4, 0.5) is 0 Å². The van der Waals surface area contributed by atoms with E-state index >= 15 is 0 Å². The number of aryl methyl sites for hydroxylation is 2. The third kappa shape index (κ3) is 2.91. The Morgan fingerprint density at radius 1 is 1.27 bits per heavy atom. The molecule has 4 heteroatoms. The number of nitrogens with one attached hydrogen (secondary N) is 2. The number of amides is 1. The maximum absolute atomic E-state index is 12.5. The van der Waals surface area contributed by atoms with Gasteiger partial charge in [-0.25, -0.2) is 0 Å². The van der Waals surface area contributed by atoms with Gasteiger partial charge in [0.1, 0.15) is 0 Å². The normalized spacial score (nSPS) is 15.2. The summed E-state index contributed by atoms with van der Waals surface area (Å²) in [6.07, 6.45) is 5.30. The monoisotopic (exact) mass is 297 g/mol. The molecule has 0 saturated heterocycles. The first-order valence-electron chi connectivity index (χ1n) is 8.15. The van der Waals surface area contributed by atoms with Crippen LogP contribution in [0.15, 0.2) is 24.3 Å². The van der Waals surface area contributed by atoms with Crippen LogP contribution < -0.4 is 5.32 Å². The lowest BCUT2D eigenvalue weighted by molar-refractivity contribution is 0.0933. The number of rotatable bonds is 4. The maximum Gasteiger partial charge on any atom is 0.272 e. The quantitative estimate of drug-likeness (QED) is 0.909. The molecule has 0 saturated carbocycles. The summed E-state index contributed by atoms with van der Waals surface area (Å²) in [4.78, 5) is 12.5. The molecule has 0 bridgehead atoms. The van der Waals surface area contributed by atoms with E-state index in [0.29, 0.717) is 5.69 Å². The first-order chi connectivity index (χ1) is 10.7. The molecule has 3 rings (SSSR count). The summed E-state index contributed by atoms with van der Waals surface area (Å²) in [6.45, 7) is 4.15. The Morgan fingerprint density at radius 3 is 2.73 bits per heavy atom. The molecule has 1 aromatic carbocycles. The number of aromatic nitrogens is 2. The fourth-order valence-electron chi connectivity index (χ4n) is 3.06. The van der Waals surface area contributed by atoms with Crippen LogP contribution in [0.2, 0.25) is 0 Å². The predicted octanol–water partition coefficient (Wildman–Crippen LogP) is 3.34. The summed E-state index contributed by atoms with van der Waals surface area (Å²) in [5, 5.41) is 10.3. The van der Waals surface area contributed by atoms with Gasteiger partial charge in [-0.2, -0.15) is 5.10 Å². The lowest BCUT2D eigenvalue weighted by atomic mass is 9.95.